The lowest BCUT2D eigenvalue weighted by molar-refractivity contribution is -0.127. The van der Waals surface area contributed by atoms with Gasteiger partial charge in [0.15, 0.2) is 17.5 Å². The van der Waals surface area contributed by atoms with Gasteiger partial charge in [-0.15, -0.1) is 0 Å². The van der Waals surface area contributed by atoms with Gasteiger partial charge in [0.25, 0.3) is 0 Å². The summed E-state index contributed by atoms with van der Waals surface area (Å²) in [6.45, 7) is 11.9. The Labute approximate surface area is 199 Å². The molecule has 33 heavy (non-hydrogen) atoms. The topological polar surface area (TPSA) is 70.2 Å². The number of piperidine rings is 1. The second-order valence-electron chi connectivity index (χ2n) is 9.23. The molecule has 2 N–H and O–H groups in total. The predicted octanol–water partition coefficient (Wildman–Crippen LogP) is 4.55. The number of halogens is 2. The van der Waals surface area contributed by atoms with Crippen molar-refractivity contribution in [2.24, 2.45) is 5.92 Å². The second kappa shape index (κ2) is 9.14. The minimum atomic E-state index is -0.513. The van der Waals surface area contributed by atoms with Crippen LogP contribution >= 0.6 is 11.6 Å². The summed E-state index contributed by atoms with van der Waals surface area (Å²) in [7, 11) is 0. The SMILES string of the molecule is C=C1C=C(Cl)C=C2C(c3ncc(F)c(NC[C@H]4CCCN(C(=O)C=C(C)C)C4)n3)=CNC12C. The number of carbonyl (C=O) groups is 1. The minimum Gasteiger partial charge on any atom is -0.377 e. The summed E-state index contributed by atoms with van der Waals surface area (Å²) in [6.07, 6.45) is 10.3. The number of allylic oxidation sites excluding steroid dienone is 3. The van der Waals surface area contributed by atoms with Crippen molar-refractivity contribution in [3.8, 4) is 0 Å². The van der Waals surface area contributed by atoms with E-state index in [2.05, 4.69) is 27.2 Å². The molecule has 1 amide bonds. The smallest absolute Gasteiger partial charge is 0.246 e. The zero-order valence-corrected chi connectivity index (χ0v) is 20.0. The van der Waals surface area contributed by atoms with E-state index in [0.717, 1.165) is 41.7 Å². The second-order valence-corrected chi connectivity index (χ2v) is 9.66. The summed E-state index contributed by atoms with van der Waals surface area (Å²) in [5.74, 6) is 0.300. The number of anilines is 1. The van der Waals surface area contributed by atoms with E-state index in [-0.39, 0.29) is 17.6 Å². The Hall–Kier alpha value is -2.93. The van der Waals surface area contributed by atoms with Gasteiger partial charge in [-0.05, 0) is 62.8 Å². The highest BCUT2D eigenvalue weighted by molar-refractivity contribution is 6.32. The van der Waals surface area contributed by atoms with E-state index in [9.17, 15) is 9.18 Å². The number of likely N-dealkylation sites (tertiary alicyclic amines) is 1. The Morgan fingerprint density at radius 1 is 1.45 bits per heavy atom. The predicted molar refractivity (Wildman–Crippen MR) is 130 cm³/mol. The van der Waals surface area contributed by atoms with Gasteiger partial charge in [-0.3, -0.25) is 4.79 Å². The Balaban J connectivity index is 1.48. The van der Waals surface area contributed by atoms with E-state index in [1.807, 2.05) is 44.0 Å². The highest BCUT2D eigenvalue weighted by atomic mass is 35.5. The summed E-state index contributed by atoms with van der Waals surface area (Å²) >= 11 is 6.27. The molecule has 0 aromatic carbocycles. The molecule has 8 heteroatoms. The summed E-state index contributed by atoms with van der Waals surface area (Å²) in [5, 5.41) is 7.05. The maximum atomic E-state index is 14.5. The first-order valence-corrected chi connectivity index (χ1v) is 11.5. The average molecular weight is 470 g/mol. The fourth-order valence-corrected chi connectivity index (χ4v) is 4.68. The Kier molecular flexibility index (Phi) is 6.43. The van der Waals surface area contributed by atoms with Crippen LogP contribution in [-0.4, -0.2) is 45.9 Å². The maximum Gasteiger partial charge on any atom is 0.246 e. The molecular weight excluding hydrogens is 441 g/mol. The van der Waals surface area contributed by atoms with E-state index < -0.39 is 11.4 Å². The third-order valence-electron chi connectivity index (χ3n) is 6.36. The van der Waals surface area contributed by atoms with Crippen molar-refractivity contribution in [2.45, 2.75) is 39.2 Å². The van der Waals surface area contributed by atoms with Crippen LogP contribution in [0, 0.1) is 11.7 Å². The van der Waals surface area contributed by atoms with Crippen molar-refractivity contribution in [3.63, 3.8) is 0 Å². The molecular formula is C25H29ClFN5O. The first-order valence-electron chi connectivity index (χ1n) is 11.1. The van der Waals surface area contributed by atoms with Crippen LogP contribution in [0.2, 0.25) is 0 Å². The van der Waals surface area contributed by atoms with Crippen molar-refractivity contribution < 1.29 is 9.18 Å². The van der Waals surface area contributed by atoms with Gasteiger partial charge in [-0.1, -0.05) is 23.8 Å². The number of aromatic nitrogens is 2. The molecule has 0 radical (unpaired) electrons. The van der Waals surface area contributed by atoms with Gasteiger partial charge in [0.1, 0.15) is 0 Å². The molecule has 2 atom stereocenters. The van der Waals surface area contributed by atoms with Crippen LogP contribution in [0.1, 0.15) is 39.4 Å². The lowest BCUT2D eigenvalue weighted by Crippen LogP contribution is -2.41. The number of rotatable bonds is 5. The zero-order valence-electron chi connectivity index (χ0n) is 19.2. The fraction of sp³-hybridized carbons (Fsp3) is 0.400. The molecule has 0 spiro atoms. The molecule has 0 saturated carbocycles. The van der Waals surface area contributed by atoms with Crippen molar-refractivity contribution in [1.82, 2.24) is 20.2 Å². The average Bonchev–Trinajstić information content (AvgIpc) is 3.11. The van der Waals surface area contributed by atoms with Gasteiger partial charge in [0.05, 0.1) is 11.7 Å². The van der Waals surface area contributed by atoms with E-state index in [0.29, 0.717) is 23.9 Å². The summed E-state index contributed by atoms with van der Waals surface area (Å²) < 4.78 is 14.5. The van der Waals surface area contributed by atoms with Crippen molar-refractivity contribution in [2.75, 3.05) is 25.0 Å². The highest BCUT2D eigenvalue weighted by Gasteiger charge is 2.40. The quantitative estimate of drug-likeness (QED) is 0.619. The van der Waals surface area contributed by atoms with Crippen LogP contribution in [0.25, 0.3) is 5.57 Å². The lowest BCUT2D eigenvalue weighted by Gasteiger charge is -2.32. The van der Waals surface area contributed by atoms with Gasteiger partial charge in [0.2, 0.25) is 5.91 Å². The Bertz CT molecular complexity index is 1120. The van der Waals surface area contributed by atoms with Crippen LogP contribution in [0.3, 0.4) is 0 Å². The van der Waals surface area contributed by atoms with Crippen LogP contribution in [-0.2, 0) is 4.79 Å². The van der Waals surface area contributed by atoms with Gasteiger partial charge in [0, 0.05) is 42.5 Å². The normalized spacial score (nSPS) is 24.3. The van der Waals surface area contributed by atoms with Crippen LogP contribution in [0.4, 0.5) is 10.2 Å². The van der Waals surface area contributed by atoms with Gasteiger partial charge >= 0.3 is 0 Å². The Morgan fingerprint density at radius 2 is 2.24 bits per heavy atom. The molecule has 1 aromatic rings. The van der Waals surface area contributed by atoms with E-state index in [1.54, 1.807) is 6.08 Å². The van der Waals surface area contributed by atoms with Crippen molar-refractivity contribution >= 4 is 28.9 Å². The Morgan fingerprint density at radius 3 is 3.00 bits per heavy atom. The standard InChI is InChI=1S/C25H29ClFN5O/c1-15(2)8-22(33)32-7-5-6-17(14-32)11-28-24-21(27)13-29-23(31-24)19-12-30-25(4)16(3)9-18(26)10-20(19)25/h8-10,12-13,17,30H,3,5-7,11,14H2,1-2,4H3,(H,28,29,31)/t17-,25?/m1/s1. The number of fused-ring (bicyclic) bond motifs is 1. The van der Waals surface area contributed by atoms with Gasteiger partial charge in [-0.25, -0.2) is 14.4 Å². The largest absolute Gasteiger partial charge is 0.377 e. The number of carbonyl (C=O) groups excluding carboxylic acids is 1. The molecule has 4 rings (SSSR count). The molecule has 1 unspecified atom stereocenters. The van der Waals surface area contributed by atoms with E-state index >= 15 is 0 Å². The molecule has 174 valence electrons. The molecule has 0 bridgehead atoms. The molecule has 1 aliphatic carbocycles. The molecule has 6 nitrogen and oxygen atoms in total. The van der Waals surface area contributed by atoms with Crippen LogP contribution in [0.15, 0.2) is 59.0 Å². The summed E-state index contributed by atoms with van der Waals surface area (Å²) in [4.78, 5) is 22.9. The fourth-order valence-electron chi connectivity index (χ4n) is 4.44. The number of hydrogen-bond acceptors (Lipinski definition) is 5. The van der Waals surface area contributed by atoms with Crippen LogP contribution < -0.4 is 10.6 Å². The van der Waals surface area contributed by atoms with E-state index in [4.69, 9.17) is 11.6 Å². The molecule has 3 heterocycles. The van der Waals surface area contributed by atoms with Gasteiger partial charge < -0.3 is 15.5 Å². The van der Waals surface area contributed by atoms with Gasteiger partial charge in [-0.2, -0.15) is 0 Å². The molecule has 1 saturated heterocycles. The monoisotopic (exact) mass is 469 g/mol. The first-order chi connectivity index (χ1) is 15.7. The third kappa shape index (κ3) is 4.74. The summed E-state index contributed by atoms with van der Waals surface area (Å²) in [5.41, 5.74) is 2.97. The van der Waals surface area contributed by atoms with Crippen molar-refractivity contribution in [3.05, 3.63) is 70.6 Å². The van der Waals surface area contributed by atoms with Crippen molar-refractivity contribution in [1.29, 1.82) is 0 Å². The minimum absolute atomic E-state index is 0.0361. The van der Waals surface area contributed by atoms with Crippen LogP contribution in [0.5, 0.6) is 0 Å². The molecule has 2 aliphatic heterocycles. The summed E-state index contributed by atoms with van der Waals surface area (Å²) in [6, 6.07) is 0. The number of nitrogens with one attached hydrogen (secondary N) is 2. The number of nitrogens with zero attached hydrogens (tertiary/aromatic N) is 3. The maximum absolute atomic E-state index is 14.5. The third-order valence-corrected chi connectivity index (χ3v) is 6.57. The zero-order chi connectivity index (χ0) is 23.8. The number of hydrogen-bond donors (Lipinski definition) is 2. The molecule has 1 aromatic heterocycles. The lowest BCUT2D eigenvalue weighted by atomic mass is 9.80. The van der Waals surface area contributed by atoms with E-state index in [1.165, 1.54) is 6.20 Å². The number of amides is 1. The molecule has 1 fully saturated rings. The highest BCUT2D eigenvalue weighted by Crippen LogP contribution is 2.43. The first kappa shape index (κ1) is 23.2. The molecule has 3 aliphatic rings.